The molecule has 1 aliphatic carbocycles. The van der Waals surface area contributed by atoms with Crippen LogP contribution in [0.25, 0.3) is 22.2 Å². The monoisotopic (exact) mass is 574 g/mol. The molecule has 2 aromatic carbocycles. The lowest BCUT2D eigenvalue weighted by atomic mass is 9.90. The number of hydrogen-bond acceptors (Lipinski definition) is 7. The lowest BCUT2D eigenvalue weighted by molar-refractivity contribution is -0.143. The maximum Gasteiger partial charge on any atom is 0.338 e. The van der Waals surface area contributed by atoms with Crippen LogP contribution in [0.15, 0.2) is 42.7 Å². The summed E-state index contributed by atoms with van der Waals surface area (Å²) in [6, 6.07) is 12.0. The van der Waals surface area contributed by atoms with E-state index in [-0.39, 0.29) is 11.9 Å². The molecule has 226 valence electrons. The Labute approximate surface area is 250 Å². The molecule has 0 atom stereocenters. The standard InChI is InChI=1S/C35H46N2O5/c1-5-40-32(38)16-10-8-6-7-9-13-21-41-27-18-20-29-31(23-27)36-24-37-33(29)26-17-19-28(34(39)42-35(2,3)4)30(22-26)25-14-11-12-15-25/h17-20,22-25H,5-16,21H2,1-4H3. The fourth-order valence-electron chi connectivity index (χ4n) is 5.66. The van der Waals surface area contributed by atoms with Gasteiger partial charge in [0.25, 0.3) is 0 Å². The molecule has 7 heteroatoms. The Morgan fingerprint density at radius 3 is 2.38 bits per heavy atom. The van der Waals surface area contributed by atoms with Gasteiger partial charge in [-0.15, -0.1) is 0 Å². The van der Waals surface area contributed by atoms with Gasteiger partial charge in [0.05, 0.1) is 30.0 Å². The Hall–Kier alpha value is -3.48. The van der Waals surface area contributed by atoms with Gasteiger partial charge in [0, 0.05) is 23.4 Å². The zero-order valence-corrected chi connectivity index (χ0v) is 25.7. The smallest absolute Gasteiger partial charge is 0.338 e. The highest BCUT2D eigenvalue weighted by Crippen LogP contribution is 2.39. The minimum Gasteiger partial charge on any atom is -0.494 e. The van der Waals surface area contributed by atoms with Crippen molar-refractivity contribution in [2.24, 2.45) is 0 Å². The molecule has 0 unspecified atom stereocenters. The average molecular weight is 575 g/mol. The van der Waals surface area contributed by atoms with E-state index < -0.39 is 5.60 Å². The number of benzene rings is 2. The third-order valence-corrected chi connectivity index (χ3v) is 7.70. The van der Waals surface area contributed by atoms with Gasteiger partial charge in [-0.05, 0) is 89.1 Å². The van der Waals surface area contributed by atoms with Gasteiger partial charge in [-0.3, -0.25) is 4.79 Å². The molecule has 4 rings (SSSR count). The van der Waals surface area contributed by atoms with Crippen molar-refractivity contribution in [1.82, 2.24) is 9.97 Å². The molecule has 7 nitrogen and oxygen atoms in total. The minimum atomic E-state index is -0.544. The minimum absolute atomic E-state index is 0.0939. The van der Waals surface area contributed by atoms with Crippen LogP contribution < -0.4 is 4.74 Å². The maximum atomic E-state index is 13.1. The lowest BCUT2D eigenvalue weighted by Gasteiger charge is -2.22. The Kier molecular flexibility index (Phi) is 11.3. The predicted molar refractivity (Wildman–Crippen MR) is 166 cm³/mol. The fraction of sp³-hybridized carbons (Fsp3) is 0.543. The third kappa shape index (κ3) is 9.01. The van der Waals surface area contributed by atoms with Gasteiger partial charge in [0.2, 0.25) is 0 Å². The van der Waals surface area contributed by atoms with Crippen LogP contribution in [-0.4, -0.2) is 40.7 Å². The first kappa shape index (κ1) is 31.5. The number of nitrogens with zero attached hydrogens (tertiary/aromatic N) is 2. The number of unbranched alkanes of at least 4 members (excludes halogenated alkanes) is 5. The maximum absolute atomic E-state index is 13.1. The SMILES string of the molecule is CCOC(=O)CCCCCCCCOc1ccc2c(-c3ccc(C(=O)OC(C)(C)C)c(C4CCCC4)c3)ncnc2c1. The Balaban J connectivity index is 1.38. The van der Waals surface area contributed by atoms with E-state index in [4.69, 9.17) is 14.2 Å². The van der Waals surface area contributed by atoms with Crippen molar-refractivity contribution < 1.29 is 23.8 Å². The van der Waals surface area contributed by atoms with Crippen molar-refractivity contribution in [2.45, 2.75) is 110 Å². The molecule has 0 spiro atoms. The first-order chi connectivity index (χ1) is 20.2. The summed E-state index contributed by atoms with van der Waals surface area (Å²) in [5.74, 6) is 0.793. The number of carbonyl (C=O) groups excluding carboxylic acids is 2. The highest BCUT2D eigenvalue weighted by Gasteiger charge is 2.26. The zero-order valence-electron chi connectivity index (χ0n) is 25.7. The molecule has 0 saturated heterocycles. The summed E-state index contributed by atoms with van der Waals surface area (Å²) >= 11 is 0. The average Bonchev–Trinajstić information content (AvgIpc) is 3.50. The van der Waals surface area contributed by atoms with E-state index in [2.05, 4.69) is 16.0 Å². The van der Waals surface area contributed by atoms with Gasteiger partial charge in [-0.1, -0.05) is 44.6 Å². The second-order valence-electron chi connectivity index (χ2n) is 12.2. The fourth-order valence-corrected chi connectivity index (χ4v) is 5.66. The van der Waals surface area contributed by atoms with Crippen LogP contribution in [0.1, 0.15) is 120 Å². The zero-order chi connectivity index (χ0) is 30.0. The highest BCUT2D eigenvalue weighted by molar-refractivity contribution is 5.95. The molecule has 1 aromatic heterocycles. The van der Waals surface area contributed by atoms with Crippen molar-refractivity contribution in [3.8, 4) is 17.0 Å². The molecule has 1 heterocycles. The summed E-state index contributed by atoms with van der Waals surface area (Å²) in [6.07, 6.45) is 12.9. The predicted octanol–water partition coefficient (Wildman–Crippen LogP) is 8.58. The van der Waals surface area contributed by atoms with Crippen molar-refractivity contribution in [3.63, 3.8) is 0 Å². The number of fused-ring (bicyclic) bond motifs is 1. The Morgan fingerprint density at radius 2 is 1.64 bits per heavy atom. The van der Waals surface area contributed by atoms with E-state index >= 15 is 0 Å². The second kappa shape index (κ2) is 15.1. The van der Waals surface area contributed by atoms with E-state index in [1.165, 1.54) is 12.8 Å². The summed E-state index contributed by atoms with van der Waals surface area (Å²) in [4.78, 5) is 33.7. The summed E-state index contributed by atoms with van der Waals surface area (Å²) in [5, 5.41) is 0.954. The molecule has 3 aromatic rings. The van der Waals surface area contributed by atoms with Crippen molar-refractivity contribution in [1.29, 1.82) is 0 Å². The van der Waals surface area contributed by atoms with Gasteiger partial charge < -0.3 is 14.2 Å². The molecule has 0 amide bonds. The summed E-state index contributed by atoms with van der Waals surface area (Å²) in [7, 11) is 0. The number of hydrogen-bond donors (Lipinski definition) is 0. The van der Waals surface area contributed by atoms with Gasteiger partial charge in [0.15, 0.2) is 0 Å². The summed E-state index contributed by atoms with van der Waals surface area (Å²) < 4.78 is 16.8. The molecule has 42 heavy (non-hydrogen) atoms. The van der Waals surface area contributed by atoms with Crippen molar-refractivity contribution >= 4 is 22.8 Å². The van der Waals surface area contributed by atoms with Crippen LogP contribution in [0.5, 0.6) is 5.75 Å². The number of esters is 2. The van der Waals surface area contributed by atoms with E-state index in [0.29, 0.717) is 31.1 Å². The van der Waals surface area contributed by atoms with Crippen LogP contribution in [0.3, 0.4) is 0 Å². The Morgan fingerprint density at radius 1 is 0.905 bits per heavy atom. The Bertz CT molecular complexity index is 1340. The van der Waals surface area contributed by atoms with Gasteiger partial charge in [-0.2, -0.15) is 0 Å². The molecule has 0 radical (unpaired) electrons. The molecule has 1 saturated carbocycles. The highest BCUT2D eigenvalue weighted by atomic mass is 16.6. The lowest BCUT2D eigenvalue weighted by Crippen LogP contribution is -2.24. The van der Waals surface area contributed by atoms with Crippen LogP contribution in [0.4, 0.5) is 0 Å². The van der Waals surface area contributed by atoms with Gasteiger partial charge in [0.1, 0.15) is 17.7 Å². The van der Waals surface area contributed by atoms with Crippen LogP contribution in [0.2, 0.25) is 0 Å². The number of aromatic nitrogens is 2. The van der Waals surface area contributed by atoms with Gasteiger partial charge >= 0.3 is 11.9 Å². The molecule has 1 aliphatic rings. The van der Waals surface area contributed by atoms with Crippen molar-refractivity contribution in [2.75, 3.05) is 13.2 Å². The van der Waals surface area contributed by atoms with E-state index in [9.17, 15) is 9.59 Å². The molecule has 0 bridgehead atoms. The first-order valence-electron chi connectivity index (χ1n) is 15.7. The molecule has 0 aliphatic heterocycles. The largest absolute Gasteiger partial charge is 0.494 e. The first-order valence-corrected chi connectivity index (χ1v) is 15.7. The molecule has 1 fully saturated rings. The quantitative estimate of drug-likeness (QED) is 0.141. The van der Waals surface area contributed by atoms with E-state index in [1.807, 2.05) is 58.0 Å². The van der Waals surface area contributed by atoms with Crippen LogP contribution in [-0.2, 0) is 14.3 Å². The van der Waals surface area contributed by atoms with E-state index in [1.54, 1.807) is 6.33 Å². The molecular weight excluding hydrogens is 528 g/mol. The molecule has 0 N–H and O–H groups in total. The molecular formula is C35H46N2O5. The summed E-state index contributed by atoms with van der Waals surface area (Å²) in [5.41, 5.74) is 3.84. The summed E-state index contributed by atoms with van der Waals surface area (Å²) in [6.45, 7) is 8.65. The van der Waals surface area contributed by atoms with Crippen molar-refractivity contribution in [3.05, 3.63) is 53.9 Å². The van der Waals surface area contributed by atoms with Crippen LogP contribution in [0, 0.1) is 0 Å². The topological polar surface area (TPSA) is 87.6 Å². The normalized spacial score (nSPS) is 13.8. The van der Waals surface area contributed by atoms with E-state index in [0.717, 1.165) is 84.8 Å². The van der Waals surface area contributed by atoms with Gasteiger partial charge in [-0.25, -0.2) is 14.8 Å². The number of carbonyl (C=O) groups is 2. The number of ether oxygens (including phenoxy) is 3. The van der Waals surface area contributed by atoms with Crippen LogP contribution >= 0.6 is 0 Å². The number of rotatable bonds is 14. The second-order valence-corrected chi connectivity index (χ2v) is 12.2. The third-order valence-electron chi connectivity index (χ3n) is 7.70.